The molecule has 4 nitrogen and oxygen atoms in total. The first-order chi connectivity index (χ1) is 7.58. The maximum absolute atomic E-state index is 10.7. The van der Waals surface area contributed by atoms with Crippen LogP contribution in [0.1, 0.15) is 29.2 Å². The van der Waals surface area contributed by atoms with Crippen molar-refractivity contribution in [2.24, 2.45) is 0 Å². The van der Waals surface area contributed by atoms with Crippen LogP contribution in [0.5, 0.6) is 0 Å². The van der Waals surface area contributed by atoms with E-state index in [1.54, 1.807) is 12.1 Å². The van der Waals surface area contributed by atoms with Crippen LogP contribution in [0.3, 0.4) is 0 Å². The highest BCUT2D eigenvalue weighted by Crippen LogP contribution is 2.18. The van der Waals surface area contributed by atoms with Crippen molar-refractivity contribution in [3.63, 3.8) is 0 Å². The molecule has 2 N–H and O–H groups in total. The lowest BCUT2D eigenvalue weighted by molar-refractivity contribution is -0.142. The largest absolute Gasteiger partial charge is 0.461 e. The third-order valence-corrected chi connectivity index (χ3v) is 2.43. The lowest BCUT2D eigenvalue weighted by Gasteiger charge is -2.12. The summed E-state index contributed by atoms with van der Waals surface area (Å²) >= 11 is 0. The van der Waals surface area contributed by atoms with Crippen molar-refractivity contribution >= 4 is 5.97 Å². The van der Waals surface area contributed by atoms with Gasteiger partial charge in [0.25, 0.3) is 0 Å². The van der Waals surface area contributed by atoms with E-state index in [4.69, 9.17) is 14.9 Å². The van der Waals surface area contributed by atoms with E-state index in [0.717, 1.165) is 22.3 Å². The number of aliphatic hydroxyl groups excluding tert-OH is 2. The topological polar surface area (TPSA) is 66.8 Å². The summed E-state index contributed by atoms with van der Waals surface area (Å²) in [6.07, 6.45) is 0. The summed E-state index contributed by atoms with van der Waals surface area (Å²) in [5.74, 6) is -0.366. The van der Waals surface area contributed by atoms with Gasteiger partial charge < -0.3 is 14.9 Å². The molecule has 0 amide bonds. The summed E-state index contributed by atoms with van der Waals surface area (Å²) in [6.45, 7) is 3.15. The zero-order chi connectivity index (χ0) is 12.1. The molecule has 0 spiro atoms. The van der Waals surface area contributed by atoms with Gasteiger partial charge in [0.15, 0.2) is 0 Å². The second-order valence-corrected chi connectivity index (χ2v) is 3.64. The van der Waals surface area contributed by atoms with Crippen molar-refractivity contribution in [1.29, 1.82) is 0 Å². The normalized spacial score (nSPS) is 10.2. The van der Waals surface area contributed by atoms with Crippen LogP contribution in [0, 0.1) is 6.92 Å². The van der Waals surface area contributed by atoms with Crippen LogP contribution in [-0.4, -0.2) is 16.2 Å². The van der Waals surface area contributed by atoms with Gasteiger partial charge in [-0.3, -0.25) is 4.79 Å². The summed E-state index contributed by atoms with van der Waals surface area (Å²) < 4.78 is 4.88. The van der Waals surface area contributed by atoms with E-state index < -0.39 is 0 Å². The minimum Gasteiger partial charge on any atom is -0.461 e. The Labute approximate surface area is 94.5 Å². The van der Waals surface area contributed by atoms with Crippen molar-refractivity contribution in [1.82, 2.24) is 0 Å². The summed E-state index contributed by atoms with van der Waals surface area (Å²) in [5, 5.41) is 18.3. The predicted octanol–water partition coefficient (Wildman–Crippen LogP) is 1.04. The number of aliphatic hydroxyl groups is 2. The molecule has 0 aliphatic heterocycles. The zero-order valence-corrected chi connectivity index (χ0v) is 9.49. The highest BCUT2D eigenvalue weighted by atomic mass is 16.5. The molecule has 0 aliphatic carbocycles. The molecule has 0 atom stereocenters. The molecule has 0 unspecified atom stereocenters. The number of ether oxygens (including phenoxy) is 1. The summed E-state index contributed by atoms with van der Waals surface area (Å²) in [7, 11) is 0. The average Bonchev–Trinajstić information content (AvgIpc) is 2.26. The van der Waals surface area contributed by atoms with Gasteiger partial charge in [-0.15, -0.1) is 0 Å². The molecule has 0 radical (unpaired) electrons. The second kappa shape index (κ2) is 5.63. The van der Waals surface area contributed by atoms with E-state index in [0.29, 0.717) is 0 Å². The Morgan fingerprint density at radius 3 is 2.31 bits per heavy atom. The maximum Gasteiger partial charge on any atom is 0.302 e. The van der Waals surface area contributed by atoms with Gasteiger partial charge in [0.1, 0.15) is 6.61 Å². The van der Waals surface area contributed by atoms with Crippen LogP contribution in [0.25, 0.3) is 0 Å². The van der Waals surface area contributed by atoms with Crippen LogP contribution < -0.4 is 0 Å². The molecule has 16 heavy (non-hydrogen) atoms. The van der Waals surface area contributed by atoms with Crippen LogP contribution in [0.15, 0.2) is 12.1 Å². The molecular weight excluding hydrogens is 208 g/mol. The number of hydrogen-bond donors (Lipinski definition) is 2. The number of benzene rings is 1. The molecule has 0 heterocycles. The van der Waals surface area contributed by atoms with E-state index in [9.17, 15) is 4.79 Å². The van der Waals surface area contributed by atoms with Crippen LogP contribution in [0.4, 0.5) is 0 Å². The summed E-state index contributed by atoms with van der Waals surface area (Å²) in [4.78, 5) is 10.7. The van der Waals surface area contributed by atoms with Crippen LogP contribution in [0.2, 0.25) is 0 Å². The van der Waals surface area contributed by atoms with Gasteiger partial charge in [-0.25, -0.2) is 0 Å². The lowest BCUT2D eigenvalue weighted by atomic mass is 10.0. The van der Waals surface area contributed by atoms with Crippen LogP contribution >= 0.6 is 0 Å². The Hall–Kier alpha value is -1.39. The Morgan fingerprint density at radius 2 is 1.81 bits per heavy atom. The maximum atomic E-state index is 10.7. The van der Waals surface area contributed by atoms with Crippen LogP contribution in [-0.2, 0) is 29.4 Å². The number of aryl methyl sites for hydroxylation is 1. The predicted molar refractivity (Wildman–Crippen MR) is 58.5 cm³/mol. The summed E-state index contributed by atoms with van der Waals surface area (Å²) in [5.41, 5.74) is 3.14. The van der Waals surface area contributed by atoms with E-state index in [2.05, 4.69) is 0 Å². The molecule has 88 valence electrons. The van der Waals surface area contributed by atoms with E-state index in [1.807, 2.05) is 6.92 Å². The SMILES string of the molecule is CC(=O)OCc1cc(CO)c(C)cc1CO. The smallest absolute Gasteiger partial charge is 0.302 e. The van der Waals surface area contributed by atoms with Crippen molar-refractivity contribution in [3.8, 4) is 0 Å². The fourth-order valence-corrected chi connectivity index (χ4v) is 1.49. The first-order valence-corrected chi connectivity index (χ1v) is 5.04. The summed E-state index contributed by atoms with van der Waals surface area (Å²) in [6, 6.07) is 3.55. The van der Waals surface area contributed by atoms with Gasteiger partial charge in [0, 0.05) is 6.92 Å². The molecule has 0 aromatic heterocycles. The Morgan fingerprint density at radius 1 is 1.19 bits per heavy atom. The first-order valence-electron chi connectivity index (χ1n) is 5.04. The molecule has 0 saturated heterocycles. The standard InChI is InChI=1S/C12H16O4/c1-8-3-11(6-14)12(4-10(8)5-13)7-16-9(2)15/h3-4,13-14H,5-7H2,1-2H3. The lowest BCUT2D eigenvalue weighted by Crippen LogP contribution is -2.04. The molecule has 0 fully saturated rings. The van der Waals surface area contributed by atoms with Crippen molar-refractivity contribution in [2.45, 2.75) is 33.7 Å². The average molecular weight is 224 g/mol. The zero-order valence-electron chi connectivity index (χ0n) is 9.49. The monoisotopic (exact) mass is 224 g/mol. The molecular formula is C12H16O4. The van der Waals surface area contributed by atoms with Crippen molar-refractivity contribution in [3.05, 3.63) is 34.4 Å². The minimum atomic E-state index is -0.366. The Bertz CT molecular complexity index is 385. The fourth-order valence-electron chi connectivity index (χ4n) is 1.49. The molecule has 1 rings (SSSR count). The van der Waals surface area contributed by atoms with Gasteiger partial charge in [0.05, 0.1) is 13.2 Å². The van der Waals surface area contributed by atoms with E-state index >= 15 is 0 Å². The van der Waals surface area contributed by atoms with Gasteiger partial charge in [0.2, 0.25) is 0 Å². The third kappa shape index (κ3) is 3.05. The minimum absolute atomic E-state index is 0.0649. The number of carbonyl (C=O) groups excluding carboxylic acids is 1. The van der Waals surface area contributed by atoms with Gasteiger partial charge in [-0.05, 0) is 35.2 Å². The van der Waals surface area contributed by atoms with E-state index in [1.165, 1.54) is 6.92 Å². The Balaban J connectivity index is 2.99. The highest BCUT2D eigenvalue weighted by molar-refractivity contribution is 5.66. The molecule has 0 aliphatic rings. The number of esters is 1. The quantitative estimate of drug-likeness (QED) is 0.750. The van der Waals surface area contributed by atoms with E-state index in [-0.39, 0.29) is 25.8 Å². The van der Waals surface area contributed by atoms with Gasteiger partial charge >= 0.3 is 5.97 Å². The second-order valence-electron chi connectivity index (χ2n) is 3.64. The highest BCUT2D eigenvalue weighted by Gasteiger charge is 2.07. The first kappa shape index (κ1) is 12.7. The molecule has 0 saturated carbocycles. The van der Waals surface area contributed by atoms with Crippen molar-refractivity contribution in [2.75, 3.05) is 0 Å². The molecule has 0 bridgehead atoms. The van der Waals surface area contributed by atoms with Gasteiger partial charge in [-0.2, -0.15) is 0 Å². The number of rotatable bonds is 4. The molecule has 4 heteroatoms. The van der Waals surface area contributed by atoms with Gasteiger partial charge in [-0.1, -0.05) is 6.07 Å². The third-order valence-electron chi connectivity index (χ3n) is 2.43. The molecule has 1 aromatic rings. The number of carbonyl (C=O) groups is 1. The Kier molecular flexibility index (Phi) is 4.46. The fraction of sp³-hybridized carbons (Fsp3) is 0.417. The van der Waals surface area contributed by atoms with Crippen molar-refractivity contribution < 1.29 is 19.7 Å². The number of hydrogen-bond acceptors (Lipinski definition) is 4. The molecule has 1 aromatic carbocycles.